The molecule has 1 amide bonds. The van der Waals surface area contributed by atoms with Crippen molar-refractivity contribution < 1.29 is 45.7 Å². The molecule has 2 aromatic heterocycles. The van der Waals surface area contributed by atoms with Crippen LogP contribution < -0.4 is 24.2 Å². The Kier molecular flexibility index (Phi) is 15.8. The molecule has 22 heteroatoms. The Morgan fingerprint density at radius 1 is 0.764 bits per heavy atom. The molecule has 72 heavy (non-hydrogen) atoms. The van der Waals surface area contributed by atoms with E-state index in [2.05, 4.69) is 31.4 Å². The van der Waals surface area contributed by atoms with E-state index in [-0.39, 0.29) is 48.2 Å². The van der Waals surface area contributed by atoms with Crippen LogP contribution in [0.3, 0.4) is 0 Å². The predicted molar refractivity (Wildman–Crippen MR) is 267 cm³/mol. The van der Waals surface area contributed by atoms with E-state index in [0.717, 1.165) is 27.3 Å². The third-order valence-corrected chi connectivity index (χ3v) is 15.8. The van der Waals surface area contributed by atoms with Crippen molar-refractivity contribution in [3.63, 3.8) is 0 Å². The van der Waals surface area contributed by atoms with Crippen molar-refractivity contribution in [1.82, 2.24) is 39.5 Å². The number of carbonyl (C=O) groups excluding carboxylic acids is 1. The second-order valence-corrected chi connectivity index (χ2v) is 20.6. The Morgan fingerprint density at radius 2 is 1.38 bits per heavy atom. The number of fused-ring (bicyclic) bond motifs is 1. The van der Waals surface area contributed by atoms with Crippen molar-refractivity contribution in [2.45, 2.75) is 42.1 Å². The van der Waals surface area contributed by atoms with Crippen LogP contribution in [-0.4, -0.2) is 98.1 Å². The van der Waals surface area contributed by atoms with E-state index in [1.165, 1.54) is 25.1 Å². The van der Waals surface area contributed by atoms with Gasteiger partial charge >= 0.3 is 6.09 Å². The lowest BCUT2D eigenvalue weighted by Crippen LogP contribution is -2.46. The number of ether oxygens (including phenoxy) is 4. The first-order valence-electron chi connectivity index (χ1n) is 22.0. The number of aliphatic hydroxyl groups excluding tert-OH is 1. The number of alkyl carbamates (subject to hydrolysis) is 1. The standard InChI is InChI=1S/C50H47N9O10S3/c1-66-38-18-12-33(13-19-38)28-58(29-34-14-20-39(67-2)21-15-34)72(64,65)48-44(71(62,63)56-37(31-60)27-52-50(61)69-32-36-8-5-4-6-9-36)25-24-41(42-10-7-11-43-47(42)53-45(26-51)70-43)46(48)49-54-57-59(55-49)30-35-16-22-40(68-3)23-17-35/h4-25,37,56,60H,27-32H2,1-3H3,(H,52,61). The van der Waals surface area contributed by atoms with Crippen molar-refractivity contribution in [1.29, 1.82) is 5.26 Å². The van der Waals surface area contributed by atoms with Crippen LogP contribution in [0.2, 0.25) is 0 Å². The normalized spacial score (nSPS) is 12.1. The molecular formula is C50H47N9O10S3. The van der Waals surface area contributed by atoms with Gasteiger partial charge in [0.05, 0.1) is 56.3 Å². The zero-order valence-corrected chi connectivity index (χ0v) is 41.4. The molecule has 1 unspecified atom stereocenters. The number of methoxy groups -OCH3 is 3. The average molecular weight is 1030 g/mol. The number of aliphatic hydroxyl groups is 1. The molecule has 0 radical (unpaired) electrons. The highest BCUT2D eigenvalue weighted by Gasteiger charge is 2.39. The van der Waals surface area contributed by atoms with Gasteiger partial charge in [0.2, 0.25) is 25.9 Å². The summed E-state index contributed by atoms with van der Waals surface area (Å²) >= 11 is 1.12. The maximum atomic E-state index is 16.2. The van der Waals surface area contributed by atoms with Crippen LogP contribution in [0, 0.1) is 11.3 Å². The molecule has 3 N–H and O–H groups in total. The van der Waals surface area contributed by atoms with Crippen molar-refractivity contribution in [3.8, 4) is 45.8 Å². The van der Waals surface area contributed by atoms with E-state index in [1.807, 2.05) is 6.07 Å². The number of nitrogens with zero attached hydrogens (tertiary/aromatic N) is 7. The number of nitriles is 1. The van der Waals surface area contributed by atoms with Crippen LogP contribution in [0.25, 0.3) is 32.7 Å². The van der Waals surface area contributed by atoms with Gasteiger partial charge in [-0.05, 0) is 81.6 Å². The van der Waals surface area contributed by atoms with Gasteiger partial charge in [-0.1, -0.05) is 84.9 Å². The Hall–Kier alpha value is -7.78. The third-order valence-electron chi connectivity index (χ3n) is 11.3. The number of rotatable bonds is 21. The summed E-state index contributed by atoms with van der Waals surface area (Å²) in [5.41, 5.74) is 3.06. The van der Waals surface area contributed by atoms with Crippen LogP contribution in [0.15, 0.2) is 143 Å². The number of benzene rings is 6. The van der Waals surface area contributed by atoms with Gasteiger partial charge in [-0.2, -0.15) is 14.4 Å². The number of thiazole rings is 1. The maximum Gasteiger partial charge on any atom is 0.407 e. The minimum absolute atomic E-state index is 0.0706. The molecule has 1 atom stereocenters. The number of hydrogen-bond acceptors (Lipinski definition) is 16. The summed E-state index contributed by atoms with van der Waals surface area (Å²) < 4.78 is 88.0. The highest BCUT2D eigenvalue weighted by atomic mass is 32.2. The molecule has 0 fully saturated rings. The molecule has 0 aliphatic heterocycles. The first-order valence-corrected chi connectivity index (χ1v) is 25.8. The molecule has 8 aromatic rings. The maximum absolute atomic E-state index is 16.2. The first kappa shape index (κ1) is 50.6. The Balaban J connectivity index is 1.32. The molecule has 0 spiro atoms. The number of tetrazole rings is 1. The second kappa shape index (κ2) is 22.5. The van der Waals surface area contributed by atoms with Gasteiger partial charge in [-0.25, -0.2) is 31.3 Å². The van der Waals surface area contributed by atoms with Crippen LogP contribution in [0.4, 0.5) is 4.79 Å². The zero-order valence-electron chi connectivity index (χ0n) is 39.0. The van der Waals surface area contributed by atoms with Crippen LogP contribution in [-0.2, 0) is 51.0 Å². The Bertz CT molecular complexity index is 3390. The van der Waals surface area contributed by atoms with Gasteiger partial charge < -0.3 is 29.4 Å². The Labute approximate surface area is 419 Å². The number of aromatic nitrogens is 5. The number of sulfonamides is 2. The van der Waals surface area contributed by atoms with E-state index in [4.69, 9.17) is 24.0 Å². The van der Waals surface area contributed by atoms with Crippen molar-refractivity contribution >= 4 is 47.7 Å². The summed E-state index contributed by atoms with van der Waals surface area (Å²) in [6.45, 7) is -1.82. The number of para-hydroxylation sites is 1. The molecule has 0 aliphatic rings. The molecule has 370 valence electrons. The molecule has 19 nitrogen and oxygen atoms in total. The van der Waals surface area contributed by atoms with Gasteiger partial charge in [-0.3, -0.25) is 0 Å². The number of nitrogens with one attached hydrogen (secondary N) is 2. The summed E-state index contributed by atoms with van der Waals surface area (Å²) in [5.74, 6) is 1.39. The van der Waals surface area contributed by atoms with E-state index >= 15 is 16.8 Å². The smallest absolute Gasteiger partial charge is 0.407 e. The Morgan fingerprint density at radius 3 is 1.96 bits per heavy atom. The van der Waals surface area contributed by atoms with Gasteiger partial charge in [0.15, 0.2) is 5.01 Å². The molecule has 0 bridgehead atoms. The molecule has 6 aromatic carbocycles. The molecule has 2 heterocycles. The minimum Gasteiger partial charge on any atom is -0.497 e. The summed E-state index contributed by atoms with van der Waals surface area (Å²) in [7, 11) is -5.51. The average Bonchev–Trinajstić information content (AvgIpc) is 4.07. The van der Waals surface area contributed by atoms with Crippen molar-refractivity contribution in [2.24, 2.45) is 0 Å². The molecule has 8 rings (SSSR count). The highest BCUT2D eigenvalue weighted by molar-refractivity contribution is 7.92. The SMILES string of the molecule is COc1ccc(CN(Cc2ccc(OC)cc2)S(=O)(=O)c2c(S(=O)(=O)NC(CO)CNC(=O)OCc3ccccc3)ccc(-c3cccc4sc(C#N)nc34)c2-c2nnn(Cc3ccc(OC)cc3)n2)cc1. The van der Waals surface area contributed by atoms with E-state index in [0.29, 0.717) is 49.7 Å². The fourth-order valence-corrected chi connectivity index (χ4v) is 12.1. The monoisotopic (exact) mass is 1030 g/mol. The lowest BCUT2D eigenvalue weighted by Gasteiger charge is -2.27. The van der Waals surface area contributed by atoms with E-state index in [1.54, 1.807) is 122 Å². The van der Waals surface area contributed by atoms with Crippen LogP contribution >= 0.6 is 11.3 Å². The molecule has 0 aliphatic carbocycles. The van der Waals surface area contributed by atoms with Gasteiger partial charge in [-0.15, -0.1) is 21.5 Å². The fourth-order valence-electron chi connectivity index (χ4n) is 7.63. The highest BCUT2D eigenvalue weighted by Crippen LogP contribution is 2.44. The van der Waals surface area contributed by atoms with Crippen LogP contribution in [0.1, 0.15) is 27.3 Å². The van der Waals surface area contributed by atoms with E-state index in [9.17, 15) is 15.2 Å². The number of carbonyl (C=O) groups is 1. The lowest BCUT2D eigenvalue weighted by molar-refractivity contribution is 0.137. The van der Waals surface area contributed by atoms with Gasteiger partial charge in [0.1, 0.15) is 39.7 Å². The molecular weight excluding hydrogens is 983 g/mol. The number of hydrogen-bond donors (Lipinski definition) is 3. The summed E-state index contributed by atoms with van der Waals surface area (Å²) in [4.78, 5) is 17.1. The third kappa shape index (κ3) is 11.7. The van der Waals surface area contributed by atoms with Gasteiger partial charge in [0.25, 0.3) is 0 Å². The molecule has 0 saturated carbocycles. The second-order valence-electron chi connectivity index (χ2n) is 16.0. The van der Waals surface area contributed by atoms with Gasteiger partial charge in [0, 0.05) is 25.2 Å². The topological polar surface area (TPSA) is 250 Å². The van der Waals surface area contributed by atoms with Crippen molar-refractivity contribution in [2.75, 3.05) is 34.5 Å². The fraction of sp³-hybridized carbons (Fsp3) is 0.200. The zero-order chi connectivity index (χ0) is 50.8. The van der Waals surface area contributed by atoms with Crippen LogP contribution in [0.5, 0.6) is 17.2 Å². The summed E-state index contributed by atoms with van der Waals surface area (Å²) in [5, 5.41) is 36.5. The van der Waals surface area contributed by atoms with Crippen molar-refractivity contribution in [3.05, 3.63) is 161 Å². The first-order chi connectivity index (χ1) is 34.8. The quantitative estimate of drug-likeness (QED) is 0.0693. The number of amides is 1. The van der Waals surface area contributed by atoms with E-state index < -0.39 is 55.1 Å². The lowest BCUT2D eigenvalue weighted by atomic mass is 9.98. The summed E-state index contributed by atoms with van der Waals surface area (Å²) in [6.07, 6.45) is -0.890. The minimum atomic E-state index is -5.07. The largest absolute Gasteiger partial charge is 0.497 e. The summed E-state index contributed by atoms with van der Waals surface area (Å²) in [6, 6.07) is 37.8. The molecule has 0 saturated heterocycles. The predicted octanol–water partition coefficient (Wildman–Crippen LogP) is 6.52.